The Bertz CT molecular complexity index is 2300. The van der Waals surface area contributed by atoms with Crippen molar-refractivity contribution in [2.75, 3.05) is 5.32 Å². The Kier molecular flexibility index (Phi) is 7.79. The lowest BCUT2D eigenvalue weighted by Gasteiger charge is -2.36. The molecule has 3 heterocycles. The minimum atomic E-state index is -0.753. The number of thiazole rings is 1. The Balaban J connectivity index is 1.24. The molecule has 49 heavy (non-hydrogen) atoms. The van der Waals surface area contributed by atoms with Gasteiger partial charge in [0.2, 0.25) is 0 Å². The summed E-state index contributed by atoms with van der Waals surface area (Å²) >= 11 is 1.26. The summed E-state index contributed by atoms with van der Waals surface area (Å²) in [5, 5.41) is 10.6. The van der Waals surface area contributed by atoms with E-state index in [1.807, 2.05) is 47.3 Å². The van der Waals surface area contributed by atoms with Crippen molar-refractivity contribution in [3.8, 4) is 22.4 Å². The lowest BCUT2D eigenvalue weighted by Crippen LogP contribution is -2.38. The maximum Gasteiger partial charge on any atom is 0.260 e. The fourth-order valence-corrected chi connectivity index (χ4v) is 6.88. The van der Waals surface area contributed by atoms with Crippen LogP contribution < -0.4 is 5.32 Å². The van der Waals surface area contributed by atoms with E-state index in [4.69, 9.17) is 5.10 Å². The molecule has 5 aromatic carbocycles. The number of carbonyl (C=O) groups is 1. The highest BCUT2D eigenvalue weighted by atomic mass is 32.1. The molecule has 0 unspecified atom stereocenters. The summed E-state index contributed by atoms with van der Waals surface area (Å²) in [6.07, 6.45) is 6.98. The second-order valence-corrected chi connectivity index (χ2v) is 12.3. The predicted octanol–water partition coefficient (Wildman–Crippen LogP) is 8.85. The lowest BCUT2D eigenvalue weighted by atomic mass is 9.77. The van der Waals surface area contributed by atoms with Crippen LogP contribution in [0.25, 0.3) is 33.3 Å². The van der Waals surface area contributed by atoms with E-state index in [-0.39, 0.29) is 5.56 Å². The quantitative estimate of drug-likeness (QED) is 0.165. The summed E-state index contributed by atoms with van der Waals surface area (Å²) in [7, 11) is 0. The van der Waals surface area contributed by atoms with Crippen LogP contribution in [0.5, 0.6) is 0 Å². The largest absolute Gasteiger partial charge is 0.298 e. The highest BCUT2D eigenvalue weighted by Crippen LogP contribution is 2.41. The van der Waals surface area contributed by atoms with Gasteiger partial charge in [-0.15, -0.1) is 11.3 Å². The van der Waals surface area contributed by atoms with Crippen LogP contribution in [0.2, 0.25) is 0 Å². The van der Waals surface area contributed by atoms with Gasteiger partial charge in [-0.25, -0.2) is 19.3 Å². The highest BCUT2D eigenvalue weighted by Gasteiger charge is 2.39. The summed E-state index contributed by atoms with van der Waals surface area (Å²) in [5.41, 5.74) is 6.04. The molecule has 9 heteroatoms. The van der Waals surface area contributed by atoms with Gasteiger partial charge in [0.25, 0.3) is 5.91 Å². The van der Waals surface area contributed by atoms with Gasteiger partial charge in [-0.3, -0.25) is 14.8 Å². The SMILES string of the molecule is O=C(Nc1nccs1)c1cc(-c2ncnc3ccc(-c4cnn(C(c5ccccc5)(c5ccccc5)c5ccccc5)c4)cc23)ccc1F. The predicted molar refractivity (Wildman–Crippen MR) is 191 cm³/mol. The zero-order valence-electron chi connectivity index (χ0n) is 25.9. The molecule has 3 aromatic heterocycles. The molecule has 8 rings (SSSR count). The molecule has 0 radical (unpaired) electrons. The number of hydrogen-bond donors (Lipinski definition) is 1. The molecular weight excluding hydrogens is 632 g/mol. The molecule has 236 valence electrons. The maximum atomic E-state index is 14.9. The number of benzene rings is 5. The summed E-state index contributed by atoms with van der Waals surface area (Å²) in [5.74, 6) is -1.22. The number of aromatic nitrogens is 5. The van der Waals surface area contributed by atoms with Crippen LogP contribution in [0.4, 0.5) is 9.52 Å². The van der Waals surface area contributed by atoms with E-state index in [0.717, 1.165) is 33.2 Å². The Hall–Kier alpha value is -6.32. The van der Waals surface area contributed by atoms with Gasteiger partial charge < -0.3 is 0 Å². The minimum Gasteiger partial charge on any atom is -0.298 e. The second-order valence-electron chi connectivity index (χ2n) is 11.4. The number of hydrogen-bond acceptors (Lipinski definition) is 6. The van der Waals surface area contributed by atoms with Gasteiger partial charge in [0, 0.05) is 34.3 Å². The standard InChI is InChI=1S/C40H27FN6OS/c41-35-18-16-28(23-33(35)38(48)46-39-42-20-21-49-39)37-34-22-27(17-19-36(34)43-26-44-37)29-24-45-47(25-29)40(30-10-4-1-5-11-30,31-12-6-2-7-13-31)32-14-8-3-9-15-32/h1-26H,(H,42,46,48). The van der Waals surface area contributed by atoms with Crippen molar-refractivity contribution in [1.29, 1.82) is 0 Å². The minimum absolute atomic E-state index is 0.101. The van der Waals surface area contributed by atoms with Crippen molar-refractivity contribution in [2.24, 2.45) is 0 Å². The summed E-state index contributed by atoms with van der Waals surface area (Å²) in [6.45, 7) is 0. The van der Waals surface area contributed by atoms with Crippen LogP contribution in [-0.4, -0.2) is 30.6 Å². The molecule has 0 bridgehead atoms. The molecule has 1 N–H and O–H groups in total. The van der Waals surface area contributed by atoms with Gasteiger partial charge in [0.05, 0.1) is 23.0 Å². The molecule has 1 amide bonds. The summed E-state index contributed by atoms with van der Waals surface area (Å²) < 4.78 is 16.9. The number of fused-ring (bicyclic) bond motifs is 1. The molecule has 0 saturated carbocycles. The van der Waals surface area contributed by atoms with Crippen LogP contribution >= 0.6 is 11.3 Å². The topological polar surface area (TPSA) is 85.6 Å². The normalized spacial score (nSPS) is 11.4. The van der Waals surface area contributed by atoms with Crippen molar-refractivity contribution >= 4 is 33.3 Å². The van der Waals surface area contributed by atoms with Gasteiger partial charge in [0.1, 0.15) is 17.7 Å². The zero-order valence-corrected chi connectivity index (χ0v) is 26.8. The number of nitrogens with one attached hydrogen (secondary N) is 1. The first-order valence-electron chi connectivity index (χ1n) is 15.6. The van der Waals surface area contributed by atoms with E-state index in [9.17, 15) is 9.18 Å². The molecule has 0 aliphatic carbocycles. The van der Waals surface area contributed by atoms with Crippen molar-refractivity contribution < 1.29 is 9.18 Å². The highest BCUT2D eigenvalue weighted by molar-refractivity contribution is 7.13. The number of nitrogens with zero attached hydrogens (tertiary/aromatic N) is 5. The molecule has 8 aromatic rings. The summed E-state index contributed by atoms with van der Waals surface area (Å²) in [4.78, 5) is 26.1. The van der Waals surface area contributed by atoms with Gasteiger partial charge >= 0.3 is 0 Å². The maximum absolute atomic E-state index is 14.9. The lowest BCUT2D eigenvalue weighted by molar-refractivity contribution is 0.102. The summed E-state index contributed by atoms with van der Waals surface area (Å²) in [6, 6.07) is 41.5. The zero-order chi connectivity index (χ0) is 33.2. The fraction of sp³-hybridized carbons (Fsp3) is 0.0250. The van der Waals surface area contributed by atoms with E-state index >= 15 is 0 Å². The molecule has 0 aliphatic heterocycles. The first-order chi connectivity index (χ1) is 24.1. The number of halogens is 1. The molecule has 0 aliphatic rings. The fourth-order valence-electron chi connectivity index (χ4n) is 6.35. The first kappa shape index (κ1) is 30.0. The average molecular weight is 659 g/mol. The Morgan fingerprint density at radius 1 is 0.714 bits per heavy atom. The molecule has 0 fully saturated rings. The van der Waals surface area contributed by atoms with E-state index < -0.39 is 17.3 Å². The molecule has 0 spiro atoms. The smallest absolute Gasteiger partial charge is 0.260 e. The number of rotatable bonds is 8. The van der Waals surface area contributed by atoms with Crippen molar-refractivity contribution in [3.63, 3.8) is 0 Å². The first-order valence-corrected chi connectivity index (χ1v) is 16.5. The van der Waals surface area contributed by atoms with Gasteiger partial charge in [-0.1, -0.05) is 97.1 Å². The van der Waals surface area contributed by atoms with Crippen LogP contribution in [-0.2, 0) is 5.54 Å². The molecule has 7 nitrogen and oxygen atoms in total. The average Bonchev–Trinajstić information content (AvgIpc) is 3.87. The third-order valence-corrected chi connectivity index (χ3v) is 9.30. The van der Waals surface area contributed by atoms with Crippen LogP contribution in [0.15, 0.2) is 158 Å². The van der Waals surface area contributed by atoms with Gasteiger partial charge in [-0.05, 0) is 52.6 Å². The number of anilines is 1. The Morgan fingerprint density at radius 2 is 1.37 bits per heavy atom. The van der Waals surface area contributed by atoms with Crippen LogP contribution in [0, 0.1) is 5.82 Å². The number of carbonyl (C=O) groups excluding carboxylic acids is 1. The second kappa shape index (κ2) is 12.7. The van der Waals surface area contributed by atoms with E-state index in [1.54, 1.807) is 17.6 Å². The molecule has 0 atom stereocenters. The number of amides is 1. The van der Waals surface area contributed by atoms with E-state index in [2.05, 4.69) is 99.3 Å². The monoisotopic (exact) mass is 658 g/mol. The molecular formula is C40H27FN6OS. The Labute approximate surface area is 285 Å². The van der Waals surface area contributed by atoms with Crippen molar-refractivity contribution in [3.05, 3.63) is 186 Å². The van der Waals surface area contributed by atoms with Gasteiger partial charge in [-0.2, -0.15) is 5.10 Å². The van der Waals surface area contributed by atoms with Crippen LogP contribution in [0.3, 0.4) is 0 Å². The third kappa shape index (κ3) is 5.46. The third-order valence-electron chi connectivity index (χ3n) is 8.61. The van der Waals surface area contributed by atoms with Crippen LogP contribution in [0.1, 0.15) is 27.0 Å². The Morgan fingerprint density at radius 3 is 2.00 bits per heavy atom. The van der Waals surface area contributed by atoms with E-state index in [1.165, 1.54) is 29.8 Å². The van der Waals surface area contributed by atoms with E-state index in [0.29, 0.717) is 21.9 Å². The molecule has 0 saturated heterocycles. The van der Waals surface area contributed by atoms with Crippen molar-refractivity contribution in [1.82, 2.24) is 24.7 Å². The van der Waals surface area contributed by atoms with Gasteiger partial charge in [0.15, 0.2) is 5.13 Å². The van der Waals surface area contributed by atoms with Crippen molar-refractivity contribution in [2.45, 2.75) is 5.54 Å².